The molecule has 0 amide bonds. The van der Waals surface area contributed by atoms with Gasteiger partial charge in [-0.1, -0.05) is 24.3 Å². The zero-order chi connectivity index (χ0) is 8.55. The zero-order valence-electron chi connectivity index (χ0n) is 6.29. The van der Waals surface area contributed by atoms with Gasteiger partial charge < -0.3 is 5.11 Å². The second kappa shape index (κ2) is 2.94. The van der Waals surface area contributed by atoms with Crippen molar-refractivity contribution in [1.82, 2.24) is 0 Å². The zero-order valence-corrected chi connectivity index (χ0v) is 8.45. The second-order valence-corrected chi connectivity index (χ2v) is 3.89. The fraction of sp³-hybridized carbons (Fsp3) is 0. The molecule has 1 N–H and O–H groups in total. The standard InChI is InChI=1S/C10H7IO/c11-8-5-7-3-1-2-4-9(7)10(12)6-8/h1-6,12H. The van der Waals surface area contributed by atoms with Crippen molar-refractivity contribution in [3.05, 3.63) is 40.0 Å². The van der Waals surface area contributed by atoms with Gasteiger partial charge in [0.15, 0.2) is 0 Å². The van der Waals surface area contributed by atoms with Crippen molar-refractivity contribution in [1.29, 1.82) is 0 Å². The van der Waals surface area contributed by atoms with E-state index in [1.807, 2.05) is 24.3 Å². The number of hydrogen-bond acceptors (Lipinski definition) is 1. The Morgan fingerprint density at radius 2 is 1.83 bits per heavy atom. The van der Waals surface area contributed by atoms with Crippen LogP contribution in [0.15, 0.2) is 36.4 Å². The Kier molecular flexibility index (Phi) is 1.92. The molecular formula is C10H7IO. The third-order valence-corrected chi connectivity index (χ3v) is 2.43. The SMILES string of the molecule is Oc1cc(I)cc2ccccc12. The van der Waals surface area contributed by atoms with Crippen molar-refractivity contribution >= 4 is 33.4 Å². The number of phenolic OH excluding ortho intramolecular Hbond substituents is 1. The van der Waals surface area contributed by atoms with Crippen molar-refractivity contribution in [2.24, 2.45) is 0 Å². The molecule has 0 radical (unpaired) electrons. The molecule has 0 unspecified atom stereocenters. The third kappa shape index (κ3) is 1.27. The molecule has 0 saturated heterocycles. The lowest BCUT2D eigenvalue weighted by atomic mass is 10.1. The predicted octanol–water partition coefficient (Wildman–Crippen LogP) is 3.15. The van der Waals surface area contributed by atoms with Crippen molar-refractivity contribution < 1.29 is 5.11 Å². The van der Waals surface area contributed by atoms with Gasteiger partial charge in [-0.3, -0.25) is 0 Å². The monoisotopic (exact) mass is 270 g/mol. The van der Waals surface area contributed by atoms with Gasteiger partial charge in [0.1, 0.15) is 5.75 Å². The van der Waals surface area contributed by atoms with Crippen LogP contribution in [0.1, 0.15) is 0 Å². The van der Waals surface area contributed by atoms with Crippen LogP contribution in [0, 0.1) is 3.57 Å². The van der Waals surface area contributed by atoms with E-state index in [1.54, 1.807) is 6.07 Å². The van der Waals surface area contributed by atoms with E-state index in [1.165, 1.54) is 0 Å². The van der Waals surface area contributed by atoms with Crippen LogP contribution in [0.5, 0.6) is 5.75 Å². The molecule has 2 aromatic carbocycles. The van der Waals surface area contributed by atoms with Gasteiger partial charge in [0, 0.05) is 8.96 Å². The maximum Gasteiger partial charge on any atom is 0.124 e. The first kappa shape index (κ1) is 7.86. The number of halogens is 1. The van der Waals surface area contributed by atoms with E-state index in [9.17, 15) is 5.11 Å². The summed E-state index contributed by atoms with van der Waals surface area (Å²) in [4.78, 5) is 0. The normalized spacial score (nSPS) is 10.4. The minimum absolute atomic E-state index is 0.359. The average molecular weight is 270 g/mol. The number of phenols is 1. The molecule has 0 aliphatic carbocycles. The van der Waals surface area contributed by atoms with Crippen LogP contribution in [-0.2, 0) is 0 Å². The Morgan fingerprint density at radius 1 is 1.08 bits per heavy atom. The van der Waals surface area contributed by atoms with Crippen molar-refractivity contribution in [2.45, 2.75) is 0 Å². The highest BCUT2D eigenvalue weighted by molar-refractivity contribution is 14.1. The Bertz CT molecular complexity index is 423. The molecule has 0 aliphatic rings. The molecule has 2 heteroatoms. The summed E-state index contributed by atoms with van der Waals surface area (Å²) in [6.07, 6.45) is 0. The first-order chi connectivity index (χ1) is 5.77. The summed E-state index contributed by atoms with van der Waals surface area (Å²) in [5.74, 6) is 0.359. The van der Waals surface area contributed by atoms with Crippen LogP contribution >= 0.6 is 22.6 Å². The number of aromatic hydroxyl groups is 1. The van der Waals surface area contributed by atoms with E-state index in [4.69, 9.17) is 0 Å². The van der Waals surface area contributed by atoms with Crippen LogP contribution in [0.2, 0.25) is 0 Å². The van der Waals surface area contributed by atoms with E-state index in [0.29, 0.717) is 5.75 Å². The van der Waals surface area contributed by atoms with Crippen molar-refractivity contribution in [3.63, 3.8) is 0 Å². The van der Waals surface area contributed by atoms with Gasteiger partial charge in [0.2, 0.25) is 0 Å². The summed E-state index contributed by atoms with van der Waals surface area (Å²) in [6.45, 7) is 0. The lowest BCUT2D eigenvalue weighted by Crippen LogP contribution is -1.75. The smallest absolute Gasteiger partial charge is 0.124 e. The van der Waals surface area contributed by atoms with Gasteiger partial charge >= 0.3 is 0 Å². The topological polar surface area (TPSA) is 20.2 Å². The molecule has 60 valence electrons. The van der Waals surface area contributed by atoms with Gasteiger partial charge in [0.05, 0.1) is 0 Å². The number of rotatable bonds is 0. The number of fused-ring (bicyclic) bond motifs is 1. The quantitative estimate of drug-likeness (QED) is 0.729. The Morgan fingerprint density at radius 3 is 2.67 bits per heavy atom. The van der Waals surface area contributed by atoms with E-state index in [2.05, 4.69) is 28.7 Å². The summed E-state index contributed by atoms with van der Waals surface area (Å²) in [5, 5.41) is 11.5. The molecule has 2 aromatic rings. The predicted molar refractivity (Wildman–Crippen MR) is 58.3 cm³/mol. The summed E-state index contributed by atoms with van der Waals surface area (Å²) in [7, 11) is 0. The minimum atomic E-state index is 0.359. The molecule has 1 nitrogen and oxygen atoms in total. The van der Waals surface area contributed by atoms with Gasteiger partial charge in [0.25, 0.3) is 0 Å². The lowest BCUT2D eigenvalue weighted by molar-refractivity contribution is 0.481. The van der Waals surface area contributed by atoms with Crippen molar-refractivity contribution in [3.8, 4) is 5.75 Å². The molecule has 0 atom stereocenters. The fourth-order valence-electron chi connectivity index (χ4n) is 1.25. The first-order valence-electron chi connectivity index (χ1n) is 3.64. The van der Waals surface area contributed by atoms with Crippen LogP contribution in [-0.4, -0.2) is 5.11 Å². The Labute approximate surface area is 84.2 Å². The molecule has 0 aliphatic heterocycles. The van der Waals surface area contributed by atoms with Gasteiger partial charge in [-0.25, -0.2) is 0 Å². The molecule has 0 fully saturated rings. The van der Waals surface area contributed by atoms with Crippen molar-refractivity contribution in [2.75, 3.05) is 0 Å². The largest absolute Gasteiger partial charge is 0.507 e. The molecule has 0 heterocycles. The molecule has 12 heavy (non-hydrogen) atoms. The third-order valence-electron chi connectivity index (χ3n) is 1.80. The molecule has 2 rings (SSSR count). The molecule has 0 spiro atoms. The molecule has 0 saturated carbocycles. The molecule has 0 aromatic heterocycles. The number of hydrogen-bond donors (Lipinski definition) is 1. The maximum absolute atomic E-state index is 9.55. The Hall–Kier alpha value is -0.770. The second-order valence-electron chi connectivity index (χ2n) is 2.65. The maximum atomic E-state index is 9.55. The number of benzene rings is 2. The van der Waals surface area contributed by atoms with Crippen LogP contribution in [0.4, 0.5) is 0 Å². The average Bonchev–Trinajstić information content (AvgIpc) is 2.04. The highest BCUT2D eigenvalue weighted by Crippen LogP contribution is 2.26. The van der Waals surface area contributed by atoms with Crippen LogP contribution < -0.4 is 0 Å². The minimum Gasteiger partial charge on any atom is -0.507 e. The van der Waals surface area contributed by atoms with Gasteiger partial charge in [-0.05, 0) is 40.1 Å². The van der Waals surface area contributed by atoms with Gasteiger partial charge in [-0.2, -0.15) is 0 Å². The molecule has 0 bridgehead atoms. The van der Waals surface area contributed by atoms with E-state index in [-0.39, 0.29) is 0 Å². The summed E-state index contributed by atoms with van der Waals surface area (Å²) >= 11 is 2.19. The van der Waals surface area contributed by atoms with Crippen LogP contribution in [0.3, 0.4) is 0 Å². The highest BCUT2D eigenvalue weighted by Gasteiger charge is 1.99. The van der Waals surface area contributed by atoms with E-state index in [0.717, 1.165) is 14.3 Å². The van der Waals surface area contributed by atoms with E-state index >= 15 is 0 Å². The lowest BCUT2D eigenvalue weighted by Gasteiger charge is -2.00. The summed E-state index contributed by atoms with van der Waals surface area (Å²) in [5.41, 5.74) is 0. The Balaban J connectivity index is 2.89. The first-order valence-corrected chi connectivity index (χ1v) is 4.72. The van der Waals surface area contributed by atoms with Gasteiger partial charge in [-0.15, -0.1) is 0 Å². The summed E-state index contributed by atoms with van der Waals surface area (Å²) < 4.78 is 1.06. The van der Waals surface area contributed by atoms with E-state index < -0.39 is 0 Å². The summed E-state index contributed by atoms with van der Waals surface area (Å²) in [6, 6.07) is 11.6. The fourth-order valence-corrected chi connectivity index (χ4v) is 1.89. The highest BCUT2D eigenvalue weighted by atomic mass is 127. The molecular weight excluding hydrogens is 263 g/mol. The van der Waals surface area contributed by atoms with Crippen LogP contribution in [0.25, 0.3) is 10.8 Å².